The van der Waals surface area contributed by atoms with E-state index in [-0.39, 0.29) is 45.8 Å². The molecule has 5 nitrogen and oxygen atoms in total. The number of hydrogen-bond acceptors (Lipinski definition) is 5. The molecule has 2 aromatic carbocycles. The Morgan fingerprint density at radius 1 is 1.10 bits per heavy atom. The summed E-state index contributed by atoms with van der Waals surface area (Å²) in [6.07, 6.45) is 0. The molecule has 0 bridgehead atoms. The summed E-state index contributed by atoms with van der Waals surface area (Å²) >= 11 is 0. The zero-order valence-electron chi connectivity index (χ0n) is 11.6. The van der Waals surface area contributed by atoms with Crippen molar-refractivity contribution in [2.75, 3.05) is 0 Å². The Hall–Kier alpha value is -1.34. The molecule has 21 heavy (non-hydrogen) atoms. The van der Waals surface area contributed by atoms with E-state index in [2.05, 4.69) is 0 Å². The van der Waals surface area contributed by atoms with Crippen LogP contribution in [0.4, 0.5) is 0 Å². The zero-order valence-corrected chi connectivity index (χ0v) is 14.4. The van der Waals surface area contributed by atoms with Gasteiger partial charge in [0.1, 0.15) is 10.6 Å². The first-order valence-electron chi connectivity index (χ1n) is 5.72. The number of carboxylic acids is 1. The van der Waals surface area contributed by atoms with Gasteiger partial charge in [-0.05, 0) is 30.7 Å². The number of carbonyl (C=O) groups is 1. The molecule has 2 rings (SSSR count). The van der Waals surface area contributed by atoms with Crippen LogP contribution < -0.4 is 38.8 Å². The van der Waals surface area contributed by atoms with Gasteiger partial charge in [0.2, 0.25) is 0 Å². The van der Waals surface area contributed by atoms with Crippen LogP contribution in [0.2, 0.25) is 0 Å². The van der Waals surface area contributed by atoms with E-state index in [1.54, 1.807) is 25.1 Å². The van der Waals surface area contributed by atoms with Gasteiger partial charge in [0.25, 0.3) is 0 Å². The summed E-state index contributed by atoms with van der Waals surface area (Å²) in [6, 6.07) is 11.5. The van der Waals surface area contributed by atoms with Gasteiger partial charge in [0, 0.05) is 5.56 Å². The van der Waals surface area contributed by atoms with Gasteiger partial charge in [-0.3, -0.25) is 0 Å². The van der Waals surface area contributed by atoms with Crippen LogP contribution in [0.5, 0.6) is 5.75 Å². The number of benzene rings is 2. The molecule has 0 aliphatic heterocycles. The van der Waals surface area contributed by atoms with Crippen molar-refractivity contribution in [3.8, 4) is 5.75 Å². The van der Waals surface area contributed by atoms with Crippen molar-refractivity contribution >= 4 is 16.1 Å². The molecule has 2 aromatic rings. The normalized spacial score (nSPS) is 10.5. The van der Waals surface area contributed by atoms with Crippen molar-refractivity contribution in [2.24, 2.45) is 0 Å². The van der Waals surface area contributed by atoms with Crippen LogP contribution in [0.15, 0.2) is 53.4 Å². The van der Waals surface area contributed by atoms with E-state index in [1.165, 1.54) is 24.3 Å². The van der Waals surface area contributed by atoms with Gasteiger partial charge in [-0.2, -0.15) is 8.42 Å². The molecule has 7 heteroatoms. The molecule has 0 aliphatic rings. The second kappa shape index (κ2) is 7.09. The minimum atomic E-state index is -3.99. The first kappa shape index (κ1) is 17.7. The minimum absolute atomic E-state index is 0. The van der Waals surface area contributed by atoms with E-state index in [4.69, 9.17) is 4.18 Å². The van der Waals surface area contributed by atoms with Crippen molar-refractivity contribution in [2.45, 2.75) is 11.8 Å². The molecule has 0 fully saturated rings. The minimum Gasteiger partial charge on any atom is -0.545 e. The van der Waals surface area contributed by atoms with Gasteiger partial charge in [-0.1, -0.05) is 30.3 Å². The molecule has 0 saturated carbocycles. The van der Waals surface area contributed by atoms with E-state index < -0.39 is 16.1 Å². The average Bonchev–Trinajstić information content (AvgIpc) is 2.42. The Labute approximate surface area is 145 Å². The second-order valence-electron chi connectivity index (χ2n) is 4.12. The quantitative estimate of drug-likeness (QED) is 0.488. The third-order valence-electron chi connectivity index (χ3n) is 2.66. The van der Waals surface area contributed by atoms with Gasteiger partial charge in [0.05, 0.1) is 5.97 Å². The first-order chi connectivity index (χ1) is 9.40. The van der Waals surface area contributed by atoms with Crippen LogP contribution in [-0.2, 0) is 10.1 Å². The van der Waals surface area contributed by atoms with E-state index >= 15 is 0 Å². The molecular formula is C14H11NaO5S. The van der Waals surface area contributed by atoms with Gasteiger partial charge in [-0.15, -0.1) is 0 Å². The predicted octanol–water partition coefficient (Wildman–Crippen LogP) is -1.87. The third kappa shape index (κ3) is 4.31. The number of hydrogen-bond donors (Lipinski definition) is 0. The van der Waals surface area contributed by atoms with Gasteiger partial charge >= 0.3 is 39.7 Å². The maximum absolute atomic E-state index is 12.0. The van der Waals surface area contributed by atoms with Crippen LogP contribution in [0.1, 0.15) is 15.9 Å². The van der Waals surface area contributed by atoms with Crippen LogP contribution in [0.3, 0.4) is 0 Å². The van der Waals surface area contributed by atoms with Gasteiger partial charge in [-0.25, -0.2) is 0 Å². The number of aromatic carboxylic acids is 1. The molecule has 0 heterocycles. The molecule has 0 radical (unpaired) electrons. The molecule has 0 aliphatic carbocycles. The Bertz CT molecular complexity index is 741. The van der Waals surface area contributed by atoms with Crippen molar-refractivity contribution in [1.82, 2.24) is 0 Å². The Morgan fingerprint density at radius 2 is 1.71 bits per heavy atom. The molecule has 0 amide bonds. The SMILES string of the molecule is Cc1ccc(C(=O)[O-])cc1OS(=O)(=O)c1ccccc1.[Na+]. The monoisotopic (exact) mass is 314 g/mol. The van der Waals surface area contributed by atoms with E-state index in [1.807, 2.05) is 0 Å². The van der Waals surface area contributed by atoms with Crippen LogP contribution >= 0.6 is 0 Å². The van der Waals surface area contributed by atoms with Crippen LogP contribution in [0, 0.1) is 6.92 Å². The number of carboxylic acid groups (broad SMARTS) is 1. The fourth-order valence-electron chi connectivity index (χ4n) is 1.57. The summed E-state index contributed by atoms with van der Waals surface area (Å²) in [6.45, 7) is 1.62. The molecule has 0 atom stereocenters. The molecule has 0 spiro atoms. The molecule has 0 N–H and O–H groups in total. The number of rotatable bonds is 4. The van der Waals surface area contributed by atoms with Crippen molar-refractivity contribution in [1.29, 1.82) is 0 Å². The Kier molecular flexibility index (Phi) is 5.98. The maximum atomic E-state index is 12.0. The third-order valence-corrected chi connectivity index (χ3v) is 3.90. The van der Waals surface area contributed by atoms with E-state index in [0.29, 0.717) is 5.56 Å². The van der Waals surface area contributed by atoms with Crippen molar-refractivity contribution in [3.05, 3.63) is 59.7 Å². The molecule has 0 aromatic heterocycles. The fourth-order valence-corrected chi connectivity index (χ4v) is 2.57. The smallest absolute Gasteiger partial charge is 0.545 e. The van der Waals surface area contributed by atoms with Crippen molar-refractivity contribution < 1.29 is 52.1 Å². The number of aryl methyl sites for hydroxylation is 1. The fraction of sp³-hybridized carbons (Fsp3) is 0.0714. The van der Waals surface area contributed by atoms with Gasteiger partial charge in [0.15, 0.2) is 0 Å². The van der Waals surface area contributed by atoms with E-state index in [9.17, 15) is 18.3 Å². The largest absolute Gasteiger partial charge is 1.00 e. The van der Waals surface area contributed by atoms with Crippen LogP contribution in [-0.4, -0.2) is 14.4 Å². The summed E-state index contributed by atoms with van der Waals surface area (Å²) in [7, 11) is -3.99. The van der Waals surface area contributed by atoms with Gasteiger partial charge < -0.3 is 14.1 Å². The summed E-state index contributed by atoms with van der Waals surface area (Å²) in [5.41, 5.74) is 0.364. The molecule has 0 saturated heterocycles. The zero-order chi connectivity index (χ0) is 14.8. The summed E-state index contributed by atoms with van der Waals surface area (Å²) in [5, 5.41) is 10.8. The maximum Gasteiger partial charge on any atom is 1.00 e. The Balaban J connectivity index is 0.00000220. The van der Waals surface area contributed by atoms with Crippen molar-refractivity contribution in [3.63, 3.8) is 0 Å². The predicted molar refractivity (Wildman–Crippen MR) is 69.8 cm³/mol. The topological polar surface area (TPSA) is 83.5 Å². The molecule has 0 unspecified atom stereocenters. The summed E-state index contributed by atoms with van der Waals surface area (Å²) < 4.78 is 29.1. The average molecular weight is 314 g/mol. The summed E-state index contributed by atoms with van der Waals surface area (Å²) in [5.74, 6) is -1.43. The number of carbonyl (C=O) groups excluding carboxylic acids is 1. The first-order valence-corrected chi connectivity index (χ1v) is 7.12. The van der Waals surface area contributed by atoms with E-state index in [0.717, 1.165) is 6.07 Å². The molecular weight excluding hydrogens is 303 g/mol. The second-order valence-corrected chi connectivity index (χ2v) is 5.66. The Morgan fingerprint density at radius 3 is 2.29 bits per heavy atom. The summed E-state index contributed by atoms with van der Waals surface area (Å²) in [4.78, 5) is 10.8. The van der Waals surface area contributed by atoms with Crippen LogP contribution in [0.25, 0.3) is 0 Å². The standard InChI is InChI=1S/C14H12O5S.Na/c1-10-7-8-11(14(15)16)9-13(10)19-20(17,18)12-5-3-2-4-6-12;/h2-9H,1H3,(H,15,16);/q;+1/p-1. The molecule has 104 valence electrons.